The number of aryl methyl sites for hydroxylation is 1. The van der Waals surface area contributed by atoms with Crippen LogP contribution in [0.5, 0.6) is 0 Å². The van der Waals surface area contributed by atoms with Gasteiger partial charge in [-0.2, -0.15) is 0 Å². The van der Waals surface area contributed by atoms with Crippen LogP contribution in [0.15, 0.2) is 23.1 Å². The molecule has 0 saturated carbocycles. The number of hydrogen-bond acceptors (Lipinski definition) is 2. The van der Waals surface area contributed by atoms with Crippen molar-refractivity contribution in [2.45, 2.75) is 11.8 Å². The zero-order chi connectivity index (χ0) is 10.1. The normalized spacial score (nSPS) is 10.8. The zero-order valence-corrected chi connectivity index (χ0v) is 13.1. The van der Waals surface area contributed by atoms with E-state index in [-0.39, 0.29) is 56.3 Å². The van der Waals surface area contributed by atoms with E-state index in [0.717, 1.165) is 0 Å². The molecule has 0 unspecified atom stereocenters. The molecule has 0 aliphatic heterocycles. The van der Waals surface area contributed by atoms with Crippen molar-refractivity contribution < 1.29 is 59.8 Å². The van der Waals surface area contributed by atoms with Crippen molar-refractivity contribution in [2.75, 3.05) is 0 Å². The van der Waals surface area contributed by atoms with Crippen molar-refractivity contribution in [3.63, 3.8) is 0 Å². The van der Waals surface area contributed by atoms with Gasteiger partial charge in [0.05, 0.1) is 0 Å². The van der Waals surface area contributed by atoms with Crippen LogP contribution in [0.25, 0.3) is 4.24 Å². The topological polar surface area (TPSA) is 48.2 Å². The molecule has 14 heavy (non-hydrogen) atoms. The summed E-state index contributed by atoms with van der Waals surface area (Å²) in [5, 5.41) is 0.508. The molecule has 7 heteroatoms. The molecule has 0 amide bonds. The summed E-state index contributed by atoms with van der Waals surface area (Å²) in [6, 6.07) is 4.27. The molecule has 0 atom stereocenters. The molecule has 0 saturated heterocycles. The van der Waals surface area contributed by atoms with Gasteiger partial charge in [-0.25, -0.2) is 8.42 Å². The Morgan fingerprint density at radius 2 is 1.93 bits per heavy atom. The van der Waals surface area contributed by atoms with E-state index in [1.54, 1.807) is 6.92 Å². The van der Waals surface area contributed by atoms with Gasteiger partial charge in [0.25, 0.3) is 0 Å². The molecule has 1 aromatic carbocycles. The molecule has 0 bridgehead atoms. The molecule has 1 rings (SSSR count). The largest absolute Gasteiger partial charge is 1.00 e. The minimum Gasteiger partial charge on any atom is -0.458 e. The third-order valence-electron chi connectivity index (χ3n) is 1.52. The van der Waals surface area contributed by atoms with Gasteiger partial charge < -0.3 is 4.24 Å². The van der Waals surface area contributed by atoms with Gasteiger partial charge in [-0.1, -0.05) is 11.6 Å². The summed E-state index contributed by atoms with van der Waals surface area (Å²) in [5.74, 6) is 0. The maximum absolute atomic E-state index is 11.1. The van der Waals surface area contributed by atoms with Gasteiger partial charge in [0.1, 0.15) is 10.0 Å². The molecular weight excluding hydrogens is 272 g/mol. The van der Waals surface area contributed by atoms with Gasteiger partial charge in [0.15, 0.2) is 0 Å². The van der Waals surface area contributed by atoms with Crippen LogP contribution in [0.4, 0.5) is 0 Å². The van der Waals surface area contributed by atoms with Crippen molar-refractivity contribution >= 4 is 33.4 Å². The smallest absolute Gasteiger partial charge is 0.458 e. The van der Waals surface area contributed by atoms with Gasteiger partial charge in [0.2, 0.25) is 0 Å². The molecular formula is C7H6Cl2KNO2S. The average Bonchev–Trinajstić information content (AvgIpc) is 2.09. The van der Waals surface area contributed by atoms with Gasteiger partial charge in [-0.3, -0.25) is 11.8 Å². The Bertz CT molecular complexity index is 422. The first-order valence-electron chi connectivity index (χ1n) is 3.32. The van der Waals surface area contributed by atoms with E-state index in [0.29, 0.717) is 10.6 Å². The fourth-order valence-electron chi connectivity index (χ4n) is 0.817. The summed E-state index contributed by atoms with van der Waals surface area (Å²) in [7, 11) is -3.71. The molecule has 1 aromatic rings. The fraction of sp³-hybridized carbons (Fsp3) is 0.143. The molecule has 72 valence electrons. The van der Waals surface area contributed by atoms with E-state index >= 15 is 0 Å². The molecule has 0 aromatic heterocycles. The zero-order valence-electron chi connectivity index (χ0n) is 7.66. The molecule has 0 N–H and O–H groups in total. The standard InChI is InChI=1S/C7H6Cl2NO2S.K/c1-5-4-6(2-3-7(5)8)13(11,12)10-9;/h2-4H,1H3;/q-1;+1. The van der Waals surface area contributed by atoms with Crippen LogP contribution >= 0.6 is 23.4 Å². The van der Waals surface area contributed by atoms with Crippen molar-refractivity contribution in [1.29, 1.82) is 0 Å². The van der Waals surface area contributed by atoms with Crippen molar-refractivity contribution in [2.24, 2.45) is 0 Å². The van der Waals surface area contributed by atoms with Gasteiger partial charge in [-0.05, 0) is 30.7 Å². The van der Waals surface area contributed by atoms with Gasteiger partial charge >= 0.3 is 51.4 Å². The Hall–Kier alpha value is 1.35. The summed E-state index contributed by atoms with van der Waals surface area (Å²) in [6.07, 6.45) is 0. The molecule has 0 fully saturated rings. The fourth-order valence-corrected chi connectivity index (χ4v) is 1.82. The van der Waals surface area contributed by atoms with E-state index in [1.165, 1.54) is 18.2 Å². The molecule has 0 aliphatic rings. The Balaban J connectivity index is 0.00000169. The monoisotopic (exact) mass is 277 g/mol. The van der Waals surface area contributed by atoms with E-state index in [2.05, 4.69) is 4.24 Å². The number of halogens is 2. The Morgan fingerprint density at radius 3 is 2.36 bits per heavy atom. The molecule has 0 heterocycles. The SMILES string of the molecule is Cc1cc(S(=O)(=O)[N-]Cl)ccc1Cl.[K+]. The second kappa shape index (κ2) is 6.17. The van der Waals surface area contributed by atoms with Crippen LogP contribution in [-0.2, 0) is 10.0 Å². The Labute approximate surface area is 136 Å². The van der Waals surface area contributed by atoms with Crippen LogP contribution in [0.2, 0.25) is 5.02 Å². The first kappa shape index (κ1) is 15.3. The predicted octanol–water partition coefficient (Wildman–Crippen LogP) is -0.131. The quantitative estimate of drug-likeness (QED) is 0.707. The molecule has 0 spiro atoms. The van der Waals surface area contributed by atoms with Gasteiger partial charge in [0, 0.05) is 9.92 Å². The van der Waals surface area contributed by atoms with Crippen molar-refractivity contribution in [3.05, 3.63) is 33.0 Å². The van der Waals surface area contributed by atoms with E-state index in [1.807, 2.05) is 0 Å². The molecule has 0 aliphatic carbocycles. The average molecular weight is 278 g/mol. The Morgan fingerprint density at radius 1 is 1.36 bits per heavy atom. The number of sulfonamides is 1. The third kappa shape index (κ3) is 3.73. The molecule has 0 radical (unpaired) electrons. The van der Waals surface area contributed by atoms with E-state index in [9.17, 15) is 8.42 Å². The summed E-state index contributed by atoms with van der Waals surface area (Å²) in [4.78, 5) is 0.0457. The van der Waals surface area contributed by atoms with E-state index < -0.39 is 10.0 Å². The first-order valence-corrected chi connectivity index (χ1v) is 5.47. The van der Waals surface area contributed by atoms with Gasteiger partial charge in [-0.15, -0.1) is 0 Å². The summed E-state index contributed by atoms with van der Waals surface area (Å²) < 4.78 is 25.0. The third-order valence-corrected chi connectivity index (χ3v) is 3.52. The second-order valence-corrected chi connectivity index (χ2v) is 4.84. The van der Waals surface area contributed by atoms with Crippen LogP contribution in [0.3, 0.4) is 0 Å². The number of benzene rings is 1. The predicted molar refractivity (Wildman–Crippen MR) is 52.6 cm³/mol. The maximum Gasteiger partial charge on any atom is 1.00 e. The minimum atomic E-state index is -3.71. The summed E-state index contributed by atoms with van der Waals surface area (Å²) in [6.45, 7) is 1.70. The number of nitrogens with zero attached hydrogens (tertiary/aromatic N) is 1. The van der Waals surface area contributed by atoms with Crippen LogP contribution in [-0.4, -0.2) is 8.42 Å². The van der Waals surface area contributed by atoms with Crippen molar-refractivity contribution in [3.8, 4) is 0 Å². The first-order chi connectivity index (χ1) is 5.97. The number of rotatable bonds is 2. The number of hydrogen-bond donors (Lipinski definition) is 0. The second-order valence-electron chi connectivity index (χ2n) is 2.46. The van der Waals surface area contributed by atoms with Crippen LogP contribution in [0, 0.1) is 6.92 Å². The molecule has 3 nitrogen and oxygen atoms in total. The van der Waals surface area contributed by atoms with Crippen LogP contribution in [0.1, 0.15) is 5.56 Å². The van der Waals surface area contributed by atoms with Crippen LogP contribution < -0.4 is 51.4 Å². The Kier molecular flexibility index (Phi) is 6.77. The maximum atomic E-state index is 11.1. The minimum absolute atomic E-state index is 0. The summed E-state index contributed by atoms with van der Waals surface area (Å²) >= 11 is 10.6. The summed E-state index contributed by atoms with van der Waals surface area (Å²) in [5.41, 5.74) is 0.669. The van der Waals surface area contributed by atoms with Crippen molar-refractivity contribution in [1.82, 2.24) is 0 Å². The van der Waals surface area contributed by atoms with E-state index in [4.69, 9.17) is 23.4 Å².